The van der Waals surface area contributed by atoms with E-state index in [4.69, 9.17) is 10.6 Å². The monoisotopic (exact) mass is 291 g/mol. The van der Waals surface area contributed by atoms with Gasteiger partial charge in [0.1, 0.15) is 0 Å². The highest BCUT2D eigenvalue weighted by molar-refractivity contribution is 7.99. The lowest BCUT2D eigenvalue weighted by Gasteiger charge is -2.08. The highest BCUT2D eigenvalue weighted by Crippen LogP contribution is 2.29. The number of ether oxygens (including phenoxy) is 1. The lowest BCUT2D eigenvalue weighted by atomic mass is 10.2. The number of hydrazine groups is 1. The number of nitrogen functional groups attached to an aromatic ring is 1. The van der Waals surface area contributed by atoms with Crippen molar-refractivity contribution in [2.45, 2.75) is 30.8 Å². The van der Waals surface area contributed by atoms with Gasteiger partial charge < -0.3 is 4.74 Å². The fraction of sp³-hybridized carbons (Fsp3) is 0.308. The predicted molar refractivity (Wildman–Crippen MR) is 78.8 cm³/mol. The van der Waals surface area contributed by atoms with Crippen LogP contribution in [-0.2, 0) is 0 Å². The van der Waals surface area contributed by atoms with Gasteiger partial charge in [0.15, 0.2) is 0 Å². The van der Waals surface area contributed by atoms with Gasteiger partial charge in [0.25, 0.3) is 0 Å². The summed E-state index contributed by atoms with van der Waals surface area (Å²) in [6.07, 6.45) is 0. The number of benzene rings is 1. The summed E-state index contributed by atoms with van der Waals surface area (Å²) in [6, 6.07) is 6.49. The van der Waals surface area contributed by atoms with Crippen LogP contribution in [0.1, 0.15) is 18.1 Å². The van der Waals surface area contributed by atoms with Crippen LogP contribution < -0.4 is 16.0 Å². The minimum absolute atomic E-state index is 0.266. The molecule has 106 valence electrons. The molecule has 2 rings (SSSR count). The third-order valence-corrected chi connectivity index (χ3v) is 3.57. The first-order chi connectivity index (χ1) is 9.62. The van der Waals surface area contributed by atoms with Gasteiger partial charge in [-0.1, -0.05) is 17.7 Å². The molecular formula is C13H17N5OS. The van der Waals surface area contributed by atoms with Gasteiger partial charge in [-0.15, -0.1) is 0 Å². The van der Waals surface area contributed by atoms with Crippen LogP contribution >= 0.6 is 11.8 Å². The Hall–Kier alpha value is -1.86. The maximum Gasteiger partial charge on any atom is 0.322 e. The van der Waals surface area contributed by atoms with Crippen molar-refractivity contribution in [1.82, 2.24) is 15.0 Å². The third kappa shape index (κ3) is 3.58. The van der Waals surface area contributed by atoms with Gasteiger partial charge in [0, 0.05) is 4.90 Å². The molecule has 6 nitrogen and oxygen atoms in total. The predicted octanol–water partition coefficient (Wildman–Crippen LogP) is 2.32. The van der Waals surface area contributed by atoms with Gasteiger partial charge in [-0.05, 0) is 44.2 Å². The van der Waals surface area contributed by atoms with E-state index in [1.807, 2.05) is 6.92 Å². The van der Waals surface area contributed by atoms with Gasteiger partial charge in [-0.25, -0.2) is 5.84 Å². The minimum Gasteiger partial charge on any atom is -0.464 e. The molecule has 1 heterocycles. The molecule has 0 atom stereocenters. The fourth-order valence-corrected chi connectivity index (χ4v) is 2.46. The van der Waals surface area contributed by atoms with E-state index in [0.29, 0.717) is 11.8 Å². The molecule has 0 amide bonds. The Labute approximate surface area is 122 Å². The summed E-state index contributed by atoms with van der Waals surface area (Å²) >= 11 is 1.45. The summed E-state index contributed by atoms with van der Waals surface area (Å²) in [4.78, 5) is 13.6. The third-order valence-electron chi connectivity index (χ3n) is 2.53. The molecule has 0 bridgehead atoms. The molecule has 3 N–H and O–H groups in total. The van der Waals surface area contributed by atoms with Crippen molar-refractivity contribution in [3.05, 3.63) is 29.3 Å². The maximum atomic E-state index is 5.36. The van der Waals surface area contributed by atoms with Crippen molar-refractivity contribution in [1.29, 1.82) is 0 Å². The Morgan fingerprint density at radius 2 is 2.05 bits per heavy atom. The van der Waals surface area contributed by atoms with E-state index in [1.54, 1.807) is 0 Å². The van der Waals surface area contributed by atoms with Crippen LogP contribution in [0.25, 0.3) is 0 Å². The Balaban J connectivity index is 2.29. The lowest BCUT2D eigenvalue weighted by Crippen LogP contribution is -2.12. The van der Waals surface area contributed by atoms with Gasteiger partial charge in [0.2, 0.25) is 11.1 Å². The van der Waals surface area contributed by atoms with Crippen molar-refractivity contribution in [2.75, 3.05) is 12.0 Å². The molecule has 0 saturated carbocycles. The van der Waals surface area contributed by atoms with E-state index in [1.165, 1.54) is 22.9 Å². The second kappa shape index (κ2) is 6.53. The number of rotatable bonds is 5. The minimum atomic E-state index is 0.266. The average Bonchev–Trinajstić information content (AvgIpc) is 2.42. The highest BCUT2D eigenvalue weighted by Gasteiger charge is 2.09. The van der Waals surface area contributed by atoms with Crippen LogP contribution in [-0.4, -0.2) is 21.6 Å². The number of anilines is 1. The van der Waals surface area contributed by atoms with E-state index in [2.05, 4.69) is 52.4 Å². The second-order valence-corrected chi connectivity index (χ2v) is 5.18. The molecule has 1 aromatic heterocycles. The summed E-state index contributed by atoms with van der Waals surface area (Å²) < 4.78 is 5.30. The van der Waals surface area contributed by atoms with Crippen LogP contribution in [0.2, 0.25) is 0 Å². The number of hydrogen-bond acceptors (Lipinski definition) is 7. The second-order valence-electron chi connectivity index (χ2n) is 4.17. The molecule has 0 saturated heterocycles. The van der Waals surface area contributed by atoms with Crippen molar-refractivity contribution >= 4 is 17.7 Å². The smallest absolute Gasteiger partial charge is 0.322 e. The summed E-state index contributed by atoms with van der Waals surface area (Å²) in [7, 11) is 0. The molecule has 20 heavy (non-hydrogen) atoms. The van der Waals surface area contributed by atoms with Crippen LogP contribution in [0, 0.1) is 13.8 Å². The van der Waals surface area contributed by atoms with E-state index in [0.717, 1.165) is 4.90 Å². The van der Waals surface area contributed by atoms with Gasteiger partial charge >= 0.3 is 6.01 Å². The van der Waals surface area contributed by atoms with E-state index >= 15 is 0 Å². The molecule has 7 heteroatoms. The normalized spacial score (nSPS) is 10.4. The molecular weight excluding hydrogens is 274 g/mol. The Bertz CT molecular complexity index is 605. The number of aryl methyl sites for hydroxylation is 2. The summed E-state index contributed by atoms with van der Waals surface area (Å²) in [5, 5.41) is 0.545. The largest absolute Gasteiger partial charge is 0.464 e. The SMILES string of the molecule is CCOc1nc(NN)nc(Sc2ccc(C)cc2C)n1. The van der Waals surface area contributed by atoms with Crippen LogP contribution in [0.5, 0.6) is 6.01 Å². The molecule has 0 aliphatic rings. The van der Waals surface area contributed by atoms with Crippen LogP contribution in [0.3, 0.4) is 0 Å². The first-order valence-electron chi connectivity index (χ1n) is 6.23. The summed E-state index contributed by atoms with van der Waals surface area (Å²) in [5.41, 5.74) is 4.82. The van der Waals surface area contributed by atoms with Crippen molar-refractivity contribution in [3.63, 3.8) is 0 Å². The standard InChI is InChI=1S/C13H17N5OS/c1-4-19-12-15-11(18-14)16-13(17-12)20-10-6-5-8(2)7-9(10)3/h5-7H,4,14H2,1-3H3,(H,15,16,17,18). The highest BCUT2D eigenvalue weighted by atomic mass is 32.2. The van der Waals surface area contributed by atoms with Gasteiger partial charge in [0.05, 0.1) is 6.61 Å². The number of nitrogens with two attached hydrogens (primary N) is 1. The summed E-state index contributed by atoms with van der Waals surface area (Å²) in [6.45, 7) is 6.48. The van der Waals surface area contributed by atoms with Crippen molar-refractivity contribution in [2.24, 2.45) is 5.84 Å². The molecule has 0 aliphatic heterocycles. The zero-order valence-electron chi connectivity index (χ0n) is 11.7. The van der Waals surface area contributed by atoms with Crippen molar-refractivity contribution in [3.8, 4) is 6.01 Å². The van der Waals surface area contributed by atoms with Crippen LogP contribution in [0.15, 0.2) is 28.3 Å². The summed E-state index contributed by atoms with van der Waals surface area (Å²) in [5.74, 6) is 5.65. The molecule has 2 aromatic rings. The lowest BCUT2D eigenvalue weighted by molar-refractivity contribution is 0.308. The zero-order chi connectivity index (χ0) is 14.5. The number of nitrogens with zero attached hydrogens (tertiary/aromatic N) is 3. The van der Waals surface area contributed by atoms with Crippen LogP contribution in [0.4, 0.5) is 5.95 Å². The number of aromatic nitrogens is 3. The van der Waals surface area contributed by atoms with Gasteiger partial charge in [-0.3, -0.25) is 5.43 Å². The first kappa shape index (κ1) is 14.5. The number of hydrogen-bond donors (Lipinski definition) is 2. The zero-order valence-corrected chi connectivity index (χ0v) is 12.5. The Morgan fingerprint density at radius 1 is 1.25 bits per heavy atom. The molecule has 0 radical (unpaired) electrons. The maximum absolute atomic E-state index is 5.36. The first-order valence-corrected chi connectivity index (χ1v) is 7.04. The van der Waals surface area contributed by atoms with Gasteiger partial charge in [-0.2, -0.15) is 15.0 Å². The molecule has 0 fully saturated rings. The molecule has 1 aromatic carbocycles. The quantitative estimate of drug-likeness (QED) is 0.645. The Kier molecular flexibility index (Phi) is 4.75. The Morgan fingerprint density at radius 3 is 2.70 bits per heavy atom. The van der Waals surface area contributed by atoms with E-state index < -0.39 is 0 Å². The molecule has 0 aliphatic carbocycles. The molecule has 0 unspecified atom stereocenters. The molecule has 0 spiro atoms. The van der Waals surface area contributed by atoms with Crippen molar-refractivity contribution < 1.29 is 4.74 Å². The topological polar surface area (TPSA) is 86.0 Å². The average molecular weight is 291 g/mol. The van der Waals surface area contributed by atoms with E-state index in [-0.39, 0.29) is 12.0 Å². The van der Waals surface area contributed by atoms with E-state index in [9.17, 15) is 0 Å². The fourth-order valence-electron chi connectivity index (χ4n) is 1.65. The number of nitrogens with one attached hydrogen (secondary N) is 1.